The van der Waals surface area contributed by atoms with Gasteiger partial charge in [-0.15, -0.1) is 0 Å². The second-order valence-corrected chi connectivity index (χ2v) is 4.70. The van der Waals surface area contributed by atoms with Gasteiger partial charge >= 0.3 is 0 Å². The second-order valence-electron chi connectivity index (χ2n) is 3.85. The van der Waals surface area contributed by atoms with Crippen LogP contribution in [0.25, 0.3) is 0 Å². The number of halogens is 1. The molecular weight excluding hydrogens is 302 g/mol. The molecule has 0 aliphatic heterocycles. The average molecular weight is 320 g/mol. The topological polar surface area (TPSA) is 84.9 Å². The SMILES string of the molecule is COc1cc(Br)c(C(O)C(N)CCO)cc1OC. The molecule has 1 aromatic carbocycles. The van der Waals surface area contributed by atoms with Crippen molar-refractivity contribution in [2.24, 2.45) is 5.73 Å². The Bertz CT molecular complexity index is 400. The molecule has 0 spiro atoms. The van der Waals surface area contributed by atoms with E-state index in [4.69, 9.17) is 20.3 Å². The lowest BCUT2D eigenvalue weighted by Gasteiger charge is -2.21. The Balaban J connectivity index is 3.08. The number of aliphatic hydroxyl groups excluding tert-OH is 2. The summed E-state index contributed by atoms with van der Waals surface area (Å²) in [5, 5.41) is 19.0. The third-order valence-corrected chi connectivity index (χ3v) is 3.38. The molecule has 0 saturated heterocycles. The molecule has 0 aromatic heterocycles. The van der Waals surface area contributed by atoms with Crippen LogP contribution in [0, 0.1) is 0 Å². The third-order valence-electron chi connectivity index (χ3n) is 2.69. The average Bonchev–Trinajstić information content (AvgIpc) is 2.37. The van der Waals surface area contributed by atoms with Crippen LogP contribution >= 0.6 is 15.9 Å². The summed E-state index contributed by atoms with van der Waals surface area (Å²) >= 11 is 3.36. The molecule has 0 fully saturated rings. The molecule has 0 bridgehead atoms. The van der Waals surface area contributed by atoms with Crippen LogP contribution in [0.15, 0.2) is 16.6 Å². The highest BCUT2D eigenvalue weighted by Gasteiger charge is 2.21. The van der Waals surface area contributed by atoms with E-state index < -0.39 is 12.1 Å². The van der Waals surface area contributed by atoms with E-state index >= 15 is 0 Å². The second kappa shape index (κ2) is 6.94. The van der Waals surface area contributed by atoms with Crippen LogP contribution in [-0.2, 0) is 0 Å². The minimum absolute atomic E-state index is 0.0663. The van der Waals surface area contributed by atoms with Crippen molar-refractivity contribution in [2.45, 2.75) is 18.6 Å². The van der Waals surface area contributed by atoms with Gasteiger partial charge < -0.3 is 25.4 Å². The van der Waals surface area contributed by atoms with Gasteiger partial charge in [0.05, 0.1) is 20.3 Å². The largest absolute Gasteiger partial charge is 0.493 e. The van der Waals surface area contributed by atoms with E-state index in [1.165, 1.54) is 14.2 Å². The van der Waals surface area contributed by atoms with Gasteiger partial charge in [-0.3, -0.25) is 0 Å². The van der Waals surface area contributed by atoms with E-state index in [2.05, 4.69) is 15.9 Å². The zero-order valence-corrected chi connectivity index (χ0v) is 12.0. The van der Waals surface area contributed by atoms with Crippen molar-refractivity contribution in [3.05, 3.63) is 22.2 Å². The predicted molar refractivity (Wildman–Crippen MR) is 71.9 cm³/mol. The zero-order chi connectivity index (χ0) is 13.7. The summed E-state index contributed by atoms with van der Waals surface area (Å²) < 4.78 is 11.0. The highest BCUT2D eigenvalue weighted by atomic mass is 79.9. The fourth-order valence-electron chi connectivity index (χ4n) is 1.63. The molecule has 0 saturated carbocycles. The Kier molecular flexibility index (Phi) is 5.87. The number of hydrogen-bond acceptors (Lipinski definition) is 5. The lowest BCUT2D eigenvalue weighted by atomic mass is 10.0. The number of rotatable bonds is 6. The van der Waals surface area contributed by atoms with E-state index in [0.717, 1.165) is 0 Å². The maximum Gasteiger partial charge on any atom is 0.161 e. The Hall–Kier alpha value is -0.820. The molecule has 2 unspecified atom stereocenters. The van der Waals surface area contributed by atoms with Crippen LogP contribution in [0.3, 0.4) is 0 Å². The molecule has 0 aliphatic rings. The van der Waals surface area contributed by atoms with Crippen molar-refractivity contribution in [2.75, 3.05) is 20.8 Å². The summed E-state index contributed by atoms with van der Waals surface area (Å²) in [6.45, 7) is -0.0663. The first kappa shape index (κ1) is 15.2. The fourth-order valence-corrected chi connectivity index (χ4v) is 2.19. The summed E-state index contributed by atoms with van der Waals surface area (Å²) in [4.78, 5) is 0. The molecule has 1 rings (SSSR count). The van der Waals surface area contributed by atoms with Gasteiger partial charge in [0, 0.05) is 22.7 Å². The van der Waals surface area contributed by atoms with Crippen molar-refractivity contribution >= 4 is 15.9 Å². The van der Waals surface area contributed by atoms with Crippen LogP contribution in [-0.4, -0.2) is 37.1 Å². The van der Waals surface area contributed by atoms with Crippen molar-refractivity contribution in [3.8, 4) is 11.5 Å². The van der Waals surface area contributed by atoms with Crippen molar-refractivity contribution in [1.82, 2.24) is 0 Å². The van der Waals surface area contributed by atoms with E-state index in [9.17, 15) is 5.11 Å². The van der Waals surface area contributed by atoms with Gasteiger partial charge in [-0.2, -0.15) is 0 Å². The Morgan fingerprint density at radius 2 is 1.83 bits per heavy atom. The number of ether oxygens (including phenoxy) is 2. The predicted octanol–water partition coefficient (Wildman–Crippen LogP) is 1.21. The standard InChI is InChI=1S/C12H18BrNO4/c1-17-10-5-7(8(13)6-11(10)18-2)12(16)9(14)3-4-15/h5-6,9,12,15-16H,3-4,14H2,1-2H3. The highest BCUT2D eigenvalue weighted by Crippen LogP contribution is 2.36. The lowest BCUT2D eigenvalue weighted by Crippen LogP contribution is -2.29. The third kappa shape index (κ3) is 3.35. The first-order valence-electron chi connectivity index (χ1n) is 5.51. The van der Waals surface area contributed by atoms with Crippen molar-refractivity contribution in [1.29, 1.82) is 0 Å². The van der Waals surface area contributed by atoms with Crippen LogP contribution < -0.4 is 15.2 Å². The molecule has 18 heavy (non-hydrogen) atoms. The molecule has 102 valence electrons. The molecule has 5 nitrogen and oxygen atoms in total. The molecule has 6 heteroatoms. The van der Waals surface area contributed by atoms with Crippen molar-refractivity contribution < 1.29 is 19.7 Å². The summed E-state index contributed by atoms with van der Waals surface area (Å²) in [6, 6.07) is 2.85. The summed E-state index contributed by atoms with van der Waals surface area (Å²) in [5.74, 6) is 1.09. The van der Waals surface area contributed by atoms with Crippen molar-refractivity contribution in [3.63, 3.8) is 0 Å². The minimum Gasteiger partial charge on any atom is -0.493 e. The van der Waals surface area contributed by atoms with Gasteiger partial charge in [-0.05, 0) is 18.6 Å². The maximum absolute atomic E-state index is 10.1. The smallest absolute Gasteiger partial charge is 0.161 e. The van der Waals surface area contributed by atoms with Gasteiger partial charge in [0.1, 0.15) is 0 Å². The van der Waals surface area contributed by atoms with Crippen LogP contribution in [0.2, 0.25) is 0 Å². The number of benzene rings is 1. The number of methoxy groups -OCH3 is 2. The Morgan fingerprint density at radius 3 is 2.33 bits per heavy atom. The molecule has 4 N–H and O–H groups in total. The monoisotopic (exact) mass is 319 g/mol. The molecular formula is C12H18BrNO4. The zero-order valence-electron chi connectivity index (χ0n) is 10.4. The van der Waals surface area contributed by atoms with E-state index in [1.54, 1.807) is 12.1 Å². The summed E-state index contributed by atoms with van der Waals surface area (Å²) in [5.41, 5.74) is 6.39. The van der Waals surface area contributed by atoms with Gasteiger partial charge in [0.25, 0.3) is 0 Å². The summed E-state index contributed by atoms with van der Waals surface area (Å²) in [6.07, 6.45) is -0.562. The molecule has 0 heterocycles. The van der Waals surface area contributed by atoms with Gasteiger partial charge in [-0.25, -0.2) is 0 Å². The number of nitrogens with two attached hydrogens (primary N) is 1. The number of aliphatic hydroxyl groups is 2. The molecule has 0 aliphatic carbocycles. The van der Waals surface area contributed by atoms with Gasteiger partial charge in [0.15, 0.2) is 11.5 Å². The van der Waals surface area contributed by atoms with E-state index in [1.807, 2.05) is 0 Å². The van der Waals surface area contributed by atoms with E-state index in [0.29, 0.717) is 28.0 Å². The lowest BCUT2D eigenvalue weighted by molar-refractivity contribution is 0.128. The summed E-state index contributed by atoms with van der Waals surface area (Å²) in [7, 11) is 3.06. The van der Waals surface area contributed by atoms with E-state index in [-0.39, 0.29) is 6.61 Å². The quantitative estimate of drug-likeness (QED) is 0.734. The molecule has 1 aromatic rings. The minimum atomic E-state index is -0.883. The van der Waals surface area contributed by atoms with Crippen LogP contribution in [0.1, 0.15) is 18.1 Å². The molecule has 0 radical (unpaired) electrons. The first-order chi connectivity index (χ1) is 8.54. The molecule has 2 atom stereocenters. The first-order valence-corrected chi connectivity index (χ1v) is 6.30. The van der Waals surface area contributed by atoms with Crippen LogP contribution in [0.5, 0.6) is 11.5 Å². The Morgan fingerprint density at radius 1 is 1.28 bits per heavy atom. The normalized spacial score (nSPS) is 14.1. The van der Waals surface area contributed by atoms with Gasteiger partial charge in [0.2, 0.25) is 0 Å². The Labute approximate surface area is 115 Å². The molecule has 0 amide bonds. The number of hydrogen-bond donors (Lipinski definition) is 3. The highest BCUT2D eigenvalue weighted by molar-refractivity contribution is 9.10. The maximum atomic E-state index is 10.1. The van der Waals surface area contributed by atoms with Crippen LogP contribution in [0.4, 0.5) is 0 Å². The van der Waals surface area contributed by atoms with Gasteiger partial charge in [-0.1, -0.05) is 15.9 Å². The fraction of sp³-hybridized carbons (Fsp3) is 0.500.